The Bertz CT molecular complexity index is 1830. The van der Waals surface area contributed by atoms with E-state index >= 15 is 0 Å². The molecule has 2 unspecified atom stereocenters. The largest absolute Gasteiger partial charge is 0.491 e. The van der Waals surface area contributed by atoms with Crippen LogP contribution in [0, 0.1) is 0 Å². The van der Waals surface area contributed by atoms with Crippen LogP contribution in [-0.4, -0.2) is 97.9 Å². The number of ether oxygens (including phenoxy) is 2. The van der Waals surface area contributed by atoms with Crippen molar-refractivity contribution in [1.29, 1.82) is 0 Å². The molecule has 12 nitrogen and oxygen atoms in total. The van der Waals surface area contributed by atoms with Crippen molar-refractivity contribution in [2.75, 3.05) is 39.5 Å². The Morgan fingerprint density at radius 3 is 2.52 bits per heavy atom. The number of aryl methyl sites for hydroxylation is 1. The molecule has 0 radical (unpaired) electrons. The smallest absolute Gasteiger partial charge is 0.248 e. The summed E-state index contributed by atoms with van der Waals surface area (Å²) in [6.45, 7) is 5.81. The second-order valence-electron chi connectivity index (χ2n) is 12.7. The average Bonchev–Trinajstić information content (AvgIpc) is 3.45. The Hall–Kier alpha value is -2.85. The van der Waals surface area contributed by atoms with E-state index in [4.69, 9.17) is 9.47 Å². The molecule has 3 N–H and O–H groups in total. The molecule has 2 aromatic carbocycles. The van der Waals surface area contributed by atoms with Gasteiger partial charge in [0.05, 0.1) is 34.0 Å². The molecule has 2 atom stereocenters. The first kappa shape index (κ1) is 34.5. The van der Waals surface area contributed by atoms with Gasteiger partial charge in [-0.05, 0) is 70.4 Å². The number of nitrogens with one attached hydrogen (secondary N) is 1. The van der Waals surface area contributed by atoms with Crippen LogP contribution in [0.4, 0.5) is 0 Å². The minimum Gasteiger partial charge on any atom is -0.491 e. The quantitative estimate of drug-likeness (QED) is 0.258. The number of hydrogen-bond acceptors (Lipinski definition) is 10. The highest BCUT2D eigenvalue weighted by Gasteiger charge is 2.45. The van der Waals surface area contributed by atoms with E-state index in [1.807, 2.05) is 19.1 Å². The lowest BCUT2D eigenvalue weighted by Gasteiger charge is -2.38. The number of fused-ring (bicyclic) bond motifs is 1. The number of sulfonamides is 1. The maximum absolute atomic E-state index is 13.6. The summed E-state index contributed by atoms with van der Waals surface area (Å²) in [5.74, 6) is 0.288. The predicted molar refractivity (Wildman–Crippen MR) is 173 cm³/mol. The van der Waals surface area contributed by atoms with Gasteiger partial charge >= 0.3 is 0 Å². The van der Waals surface area contributed by atoms with Crippen LogP contribution in [0.25, 0.3) is 10.9 Å². The summed E-state index contributed by atoms with van der Waals surface area (Å²) < 4.78 is 66.6. The molecule has 0 saturated carbocycles. The Balaban J connectivity index is 1.13. The third kappa shape index (κ3) is 6.75. The first-order valence-electron chi connectivity index (χ1n) is 15.5. The van der Waals surface area contributed by atoms with Gasteiger partial charge in [0.15, 0.2) is 9.84 Å². The summed E-state index contributed by atoms with van der Waals surface area (Å²) in [5.41, 5.74) is -0.288. The van der Waals surface area contributed by atoms with Crippen LogP contribution >= 0.6 is 0 Å². The molecule has 0 aliphatic carbocycles. The van der Waals surface area contributed by atoms with Crippen molar-refractivity contribution in [2.24, 2.45) is 0 Å². The number of aliphatic hydroxyl groups excluding tert-OH is 2. The highest BCUT2D eigenvalue weighted by molar-refractivity contribution is 7.92. The number of piperidine rings is 1. The minimum atomic E-state index is -4.01. The second kappa shape index (κ2) is 13.3. The fraction of sp³-hybridized carbons (Fsp3) is 0.531. The standard InChI is InChI=1S/C32H43N3O9S2/c1-4-34-19-29(30(38)27-10-5-6-11-28(27)34)46(41,42)35-14-12-32(13-15-35)17-23(20-44-32)33-18-24(37)21-43-25-8-7-9-26(16-25)45(39,40)31(2,3)22-36/h5-11,16,19,23-24,33,36-37H,4,12-15,17-18,20-22H2,1-3H3. The van der Waals surface area contributed by atoms with E-state index in [1.165, 1.54) is 36.5 Å². The van der Waals surface area contributed by atoms with E-state index in [0.717, 1.165) is 0 Å². The summed E-state index contributed by atoms with van der Waals surface area (Å²) in [5, 5.41) is 23.7. The summed E-state index contributed by atoms with van der Waals surface area (Å²) in [4.78, 5) is 13.0. The first-order valence-corrected chi connectivity index (χ1v) is 18.4. The highest BCUT2D eigenvalue weighted by atomic mass is 32.2. The number of para-hydroxylation sites is 1. The van der Waals surface area contributed by atoms with Gasteiger partial charge in [0.1, 0.15) is 23.4 Å². The van der Waals surface area contributed by atoms with E-state index < -0.39 is 48.3 Å². The average molecular weight is 678 g/mol. The van der Waals surface area contributed by atoms with Crippen molar-refractivity contribution in [3.63, 3.8) is 0 Å². The number of rotatable bonds is 12. The van der Waals surface area contributed by atoms with Gasteiger partial charge < -0.3 is 29.6 Å². The molecule has 14 heteroatoms. The van der Waals surface area contributed by atoms with Crippen LogP contribution in [-0.2, 0) is 31.1 Å². The number of benzene rings is 2. The van der Waals surface area contributed by atoms with Crippen LogP contribution in [0.15, 0.2) is 69.3 Å². The van der Waals surface area contributed by atoms with Crippen molar-refractivity contribution < 1.29 is 36.5 Å². The topological polar surface area (TPSA) is 164 Å². The van der Waals surface area contributed by atoms with Crippen molar-refractivity contribution in [2.45, 2.75) is 78.9 Å². The van der Waals surface area contributed by atoms with Crippen molar-refractivity contribution >= 4 is 30.8 Å². The second-order valence-corrected chi connectivity index (χ2v) is 17.2. The molecule has 2 saturated heterocycles. The van der Waals surface area contributed by atoms with Gasteiger partial charge in [-0.2, -0.15) is 4.31 Å². The number of aromatic nitrogens is 1. The van der Waals surface area contributed by atoms with Gasteiger partial charge in [-0.1, -0.05) is 18.2 Å². The molecule has 2 aliphatic heterocycles. The Kier molecular flexibility index (Phi) is 10.00. The zero-order valence-corrected chi connectivity index (χ0v) is 28.0. The Morgan fingerprint density at radius 1 is 1.11 bits per heavy atom. The minimum absolute atomic E-state index is 0.0271. The van der Waals surface area contributed by atoms with E-state index in [9.17, 15) is 31.8 Å². The monoisotopic (exact) mass is 677 g/mol. The van der Waals surface area contributed by atoms with Gasteiger partial charge in [0, 0.05) is 43.8 Å². The molecule has 3 heterocycles. The number of aliphatic hydroxyl groups is 2. The third-order valence-corrected chi connectivity index (χ3v) is 13.4. The lowest BCUT2D eigenvalue weighted by Crippen LogP contribution is -2.47. The van der Waals surface area contributed by atoms with Crippen LogP contribution < -0.4 is 15.5 Å². The summed E-state index contributed by atoms with van der Waals surface area (Å²) in [6.07, 6.45) is 2.18. The third-order valence-electron chi connectivity index (χ3n) is 9.06. The molecule has 5 rings (SSSR count). The maximum atomic E-state index is 13.6. The Labute approximate surface area is 269 Å². The molecule has 0 amide bonds. The molecule has 2 fully saturated rings. The molecule has 1 aromatic heterocycles. The number of nitrogens with zero attached hydrogens (tertiary/aromatic N) is 2. The fourth-order valence-electron chi connectivity index (χ4n) is 6.05. The number of hydrogen-bond donors (Lipinski definition) is 3. The SMILES string of the molecule is CCn1cc(S(=O)(=O)N2CCC3(CC2)CC(NCC(O)COc2cccc(S(=O)(=O)C(C)(C)CO)c2)CO3)c(=O)c2ccccc21. The van der Waals surface area contributed by atoms with E-state index in [-0.39, 0.29) is 47.8 Å². The normalized spacial score (nSPS) is 19.9. The van der Waals surface area contributed by atoms with E-state index in [1.54, 1.807) is 28.8 Å². The molecular formula is C32H43N3O9S2. The van der Waals surface area contributed by atoms with Crippen LogP contribution in [0.3, 0.4) is 0 Å². The lowest BCUT2D eigenvalue weighted by atomic mass is 9.88. The first-order chi connectivity index (χ1) is 21.7. The predicted octanol–water partition coefficient (Wildman–Crippen LogP) is 1.91. The summed E-state index contributed by atoms with van der Waals surface area (Å²) >= 11 is 0. The summed E-state index contributed by atoms with van der Waals surface area (Å²) in [7, 11) is -7.80. The molecule has 3 aromatic rings. The fourth-order valence-corrected chi connectivity index (χ4v) is 8.93. The zero-order valence-electron chi connectivity index (χ0n) is 26.4. The van der Waals surface area contributed by atoms with Gasteiger partial charge in [-0.25, -0.2) is 16.8 Å². The van der Waals surface area contributed by atoms with E-state index in [0.29, 0.717) is 43.3 Å². The van der Waals surface area contributed by atoms with Gasteiger partial charge in [0.2, 0.25) is 15.5 Å². The Morgan fingerprint density at radius 2 is 1.83 bits per heavy atom. The highest BCUT2D eigenvalue weighted by Crippen LogP contribution is 2.37. The van der Waals surface area contributed by atoms with Crippen molar-refractivity contribution in [1.82, 2.24) is 14.2 Å². The van der Waals surface area contributed by atoms with Gasteiger partial charge in [-0.3, -0.25) is 4.79 Å². The molecule has 252 valence electrons. The molecule has 1 spiro atoms. The van der Waals surface area contributed by atoms with E-state index in [2.05, 4.69) is 5.32 Å². The number of sulfone groups is 1. The number of pyridine rings is 1. The van der Waals surface area contributed by atoms with Crippen molar-refractivity contribution in [3.8, 4) is 5.75 Å². The summed E-state index contributed by atoms with van der Waals surface area (Å²) in [6, 6.07) is 12.9. The maximum Gasteiger partial charge on any atom is 0.248 e. The van der Waals surface area contributed by atoms with Crippen LogP contribution in [0.1, 0.15) is 40.0 Å². The molecule has 0 bridgehead atoms. The molecule has 2 aliphatic rings. The molecular weight excluding hydrogens is 634 g/mol. The van der Waals surface area contributed by atoms with Crippen LogP contribution in [0.2, 0.25) is 0 Å². The lowest BCUT2D eigenvalue weighted by molar-refractivity contribution is -0.0312. The molecule has 46 heavy (non-hydrogen) atoms. The van der Waals surface area contributed by atoms with Crippen molar-refractivity contribution in [3.05, 3.63) is 65.0 Å². The van der Waals surface area contributed by atoms with Gasteiger partial charge in [-0.15, -0.1) is 0 Å². The zero-order chi connectivity index (χ0) is 33.3. The van der Waals surface area contributed by atoms with Gasteiger partial charge in [0.25, 0.3) is 0 Å². The van der Waals surface area contributed by atoms with Crippen LogP contribution in [0.5, 0.6) is 5.75 Å².